The molecule has 0 saturated carbocycles. The zero-order valence-electron chi connectivity index (χ0n) is 12.7. The van der Waals surface area contributed by atoms with Crippen molar-refractivity contribution >= 4 is 29.9 Å². The number of hydrogen-bond donors (Lipinski definition) is 1. The fraction of sp³-hybridized carbons (Fsp3) is 0.500. The maximum atomic E-state index is 12.5. The highest BCUT2D eigenvalue weighted by Gasteiger charge is 2.37. The van der Waals surface area contributed by atoms with Gasteiger partial charge in [0.15, 0.2) is 0 Å². The van der Waals surface area contributed by atoms with Gasteiger partial charge in [0.2, 0.25) is 11.8 Å². The second kappa shape index (κ2) is 7.11. The topological polar surface area (TPSA) is 52.7 Å². The Labute approximate surface area is 137 Å². The van der Waals surface area contributed by atoms with Gasteiger partial charge in [0, 0.05) is 44.8 Å². The lowest BCUT2D eigenvalue weighted by Crippen LogP contribution is -2.48. The first-order valence-corrected chi connectivity index (χ1v) is 7.51. The lowest BCUT2D eigenvalue weighted by molar-refractivity contribution is -0.136. The molecule has 0 radical (unpaired) electrons. The standard InChI is InChI=1S/C16H21N3O2.ClH/c1-12-2-4-14(5-3-12)19-11-13(10-15(19)20)16(21)18-8-6-17-7-9-18;/h2-5,13,17H,6-11H2,1H3;1H. The Morgan fingerprint density at radius 3 is 2.45 bits per heavy atom. The molecule has 0 aromatic heterocycles. The molecule has 0 aliphatic carbocycles. The average molecular weight is 324 g/mol. The van der Waals surface area contributed by atoms with Crippen molar-refractivity contribution in [1.29, 1.82) is 0 Å². The Kier molecular flexibility index (Phi) is 5.42. The Morgan fingerprint density at radius 1 is 1.18 bits per heavy atom. The molecule has 120 valence electrons. The summed E-state index contributed by atoms with van der Waals surface area (Å²) >= 11 is 0. The fourth-order valence-electron chi connectivity index (χ4n) is 2.99. The van der Waals surface area contributed by atoms with E-state index in [0.29, 0.717) is 13.0 Å². The van der Waals surface area contributed by atoms with Crippen molar-refractivity contribution in [3.8, 4) is 0 Å². The molecule has 0 bridgehead atoms. The van der Waals surface area contributed by atoms with E-state index < -0.39 is 0 Å². The second-order valence-electron chi connectivity index (χ2n) is 5.82. The van der Waals surface area contributed by atoms with E-state index in [-0.39, 0.29) is 30.1 Å². The van der Waals surface area contributed by atoms with Crippen molar-refractivity contribution in [2.75, 3.05) is 37.6 Å². The number of rotatable bonds is 2. The van der Waals surface area contributed by atoms with Gasteiger partial charge in [0.05, 0.1) is 5.92 Å². The predicted molar refractivity (Wildman–Crippen MR) is 88.3 cm³/mol. The third-order valence-corrected chi connectivity index (χ3v) is 4.25. The number of carbonyl (C=O) groups excluding carboxylic acids is 2. The van der Waals surface area contributed by atoms with Gasteiger partial charge in [0.1, 0.15) is 0 Å². The van der Waals surface area contributed by atoms with Crippen molar-refractivity contribution in [2.45, 2.75) is 13.3 Å². The fourth-order valence-corrected chi connectivity index (χ4v) is 2.99. The summed E-state index contributed by atoms with van der Waals surface area (Å²) in [4.78, 5) is 28.3. The van der Waals surface area contributed by atoms with E-state index in [4.69, 9.17) is 0 Å². The van der Waals surface area contributed by atoms with Crippen LogP contribution in [0.25, 0.3) is 0 Å². The molecule has 2 saturated heterocycles. The zero-order valence-corrected chi connectivity index (χ0v) is 13.6. The lowest BCUT2D eigenvalue weighted by atomic mass is 10.1. The van der Waals surface area contributed by atoms with E-state index in [0.717, 1.165) is 31.9 Å². The highest BCUT2D eigenvalue weighted by Crippen LogP contribution is 2.26. The van der Waals surface area contributed by atoms with Crippen LogP contribution in [0.2, 0.25) is 0 Å². The molecule has 1 atom stereocenters. The van der Waals surface area contributed by atoms with Gasteiger partial charge in [-0.3, -0.25) is 9.59 Å². The minimum atomic E-state index is -0.197. The molecule has 2 aliphatic heterocycles. The van der Waals surface area contributed by atoms with Crippen LogP contribution in [0.5, 0.6) is 0 Å². The molecule has 2 fully saturated rings. The summed E-state index contributed by atoms with van der Waals surface area (Å²) < 4.78 is 0. The largest absolute Gasteiger partial charge is 0.340 e. The van der Waals surface area contributed by atoms with Crippen LogP contribution in [0.15, 0.2) is 24.3 Å². The van der Waals surface area contributed by atoms with Gasteiger partial charge in [-0.2, -0.15) is 0 Å². The van der Waals surface area contributed by atoms with Crippen molar-refractivity contribution in [2.24, 2.45) is 5.92 Å². The van der Waals surface area contributed by atoms with Gasteiger partial charge in [0.25, 0.3) is 0 Å². The molecule has 1 aromatic rings. The molecule has 22 heavy (non-hydrogen) atoms. The molecule has 0 spiro atoms. The first-order valence-electron chi connectivity index (χ1n) is 7.51. The molecular formula is C16H22ClN3O2. The molecule has 1 N–H and O–H groups in total. The molecule has 3 rings (SSSR count). The number of amides is 2. The average Bonchev–Trinajstić information content (AvgIpc) is 2.90. The molecule has 1 aromatic carbocycles. The van der Waals surface area contributed by atoms with Gasteiger partial charge in [-0.25, -0.2) is 0 Å². The van der Waals surface area contributed by atoms with E-state index in [2.05, 4.69) is 5.32 Å². The maximum Gasteiger partial charge on any atom is 0.228 e. The van der Waals surface area contributed by atoms with E-state index >= 15 is 0 Å². The molecule has 6 heteroatoms. The maximum absolute atomic E-state index is 12.5. The van der Waals surface area contributed by atoms with Gasteiger partial charge in [-0.1, -0.05) is 17.7 Å². The van der Waals surface area contributed by atoms with E-state index in [1.54, 1.807) is 4.90 Å². The number of hydrogen-bond acceptors (Lipinski definition) is 3. The number of nitrogens with zero attached hydrogens (tertiary/aromatic N) is 2. The minimum absolute atomic E-state index is 0. The molecule has 2 amide bonds. The highest BCUT2D eigenvalue weighted by molar-refractivity contribution is 6.00. The summed E-state index contributed by atoms with van der Waals surface area (Å²) in [6.07, 6.45) is 0.330. The van der Waals surface area contributed by atoms with Crippen LogP contribution >= 0.6 is 12.4 Å². The summed E-state index contributed by atoms with van der Waals surface area (Å²) in [6.45, 7) is 5.70. The molecule has 5 nitrogen and oxygen atoms in total. The monoisotopic (exact) mass is 323 g/mol. The molecular weight excluding hydrogens is 302 g/mol. The third-order valence-electron chi connectivity index (χ3n) is 4.25. The zero-order chi connectivity index (χ0) is 14.8. The number of anilines is 1. The van der Waals surface area contributed by atoms with Crippen LogP contribution in [-0.2, 0) is 9.59 Å². The quantitative estimate of drug-likeness (QED) is 0.890. The number of carbonyl (C=O) groups is 2. The summed E-state index contributed by atoms with van der Waals surface area (Å²) in [7, 11) is 0. The molecule has 1 unspecified atom stereocenters. The number of aryl methyl sites for hydroxylation is 1. The second-order valence-corrected chi connectivity index (χ2v) is 5.82. The summed E-state index contributed by atoms with van der Waals surface area (Å²) in [5.41, 5.74) is 2.06. The smallest absolute Gasteiger partial charge is 0.228 e. The van der Waals surface area contributed by atoms with Crippen LogP contribution in [-0.4, -0.2) is 49.4 Å². The Morgan fingerprint density at radius 2 is 1.82 bits per heavy atom. The molecule has 2 heterocycles. The van der Waals surface area contributed by atoms with Crippen molar-refractivity contribution in [1.82, 2.24) is 10.2 Å². The van der Waals surface area contributed by atoms with Gasteiger partial charge in [-0.05, 0) is 19.1 Å². The number of piperazine rings is 1. The first-order chi connectivity index (χ1) is 10.1. The lowest BCUT2D eigenvalue weighted by Gasteiger charge is -2.29. The number of halogens is 1. The van der Waals surface area contributed by atoms with E-state index in [1.165, 1.54) is 5.56 Å². The Hall–Kier alpha value is -1.59. The summed E-state index contributed by atoms with van der Waals surface area (Å²) in [5, 5.41) is 3.24. The SMILES string of the molecule is Cc1ccc(N2CC(C(=O)N3CCNCC3)CC2=O)cc1.Cl. The molecule has 2 aliphatic rings. The van der Waals surface area contributed by atoms with E-state index in [9.17, 15) is 9.59 Å². The van der Waals surface area contributed by atoms with Gasteiger partial charge >= 0.3 is 0 Å². The minimum Gasteiger partial charge on any atom is -0.340 e. The predicted octanol–water partition coefficient (Wildman–Crippen LogP) is 1.20. The van der Waals surface area contributed by atoms with Crippen LogP contribution in [0.3, 0.4) is 0 Å². The van der Waals surface area contributed by atoms with Crippen molar-refractivity contribution in [3.63, 3.8) is 0 Å². The Balaban J connectivity index is 0.00000176. The van der Waals surface area contributed by atoms with Gasteiger partial charge < -0.3 is 15.1 Å². The normalized spacial score (nSPS) is 21.7. The van der Waals surface area contributed by atoms with Crippen LogP contribution in [0, 0.1) is 12.8 Å². The van der Waals surface area contributed by atoms with Crippen LogP contribution in [0.1, 0.15) is 12.0 Å². The Bertz CT molecular complexity index is 541. The number of benzene rings is 1. The first kappa shape index (κ1) is 16.8. The van der Waals surface area contributed by atoms with Crippen LogP contribution in [0.4, 0.5) is 5.69 Å². The number of nitrogens with one attached hydrogen (secondary N) is 1. The van der Waals surface area contributed by atoms with Crippen molar-refractivity contribution < 1.29 is 9.59 Å². The van der Waals surface area contributed by atoms with Crippen molar-refractivity contribution in [3.05, 3.63) is 29.8 Å². The summed E-state index contributed by atoms with van der Waals surface area (Å²) in [5.74, 6) is -0.0243. The summed E-state index contributed by atoms with van der Waals surface area (Å²) in [6, 6.07) is 7.89. The highest BCUT2D eigenvalue weighted by atomic mass is 35.5. The van der Waals surface area contributed by atoms with E-state index in [1.807, 2.05) is 36.1 Å². The van der Waals surface area contributed by atoms with Gasteiger partial charge in [-0.15, -0.1) is 12.4 Å². The third kappa shape index (κ3) is 3.42. The van der Waals surface area contributed by atoms with Crippen LogP contribution < -0.4 is 10.2 Å².